The molecule has 6 rings (SSSR count). The number of aliphatic hydroxyl groups excluding tert-OH is 1. The topological polar surface area (TPSA) is 191 Å². The van der Waals surface area contributed by atoms with Crippen LogP contribution in [0.15, 0.2) is 48.5 Å². The molecule has 0 spiro atoms. The van der Waals surface area contributed by atoms with Crippen molar-refractivity contribution in [2.45, 2.75) is 195 Å². The van der Waals surface area contributed by atoms with Gasteiger partial charge >= 0.3 is 7.12 Å². The van der Waals surface area contributed by atoms with Gasteiger partial charge in [0.05, 0.1) is 23.9 Å². The van der Waals surface area contributed by atoms with E-state index < -0.39 is 65.8 Å². The summed E-state index contributed by atoms with van der Waals surface area (Å²) in [7, 11) is -0.530. The number of aryl methyl sites for hydroxylation is 1. The summed E-state index contributed by atoms with van der Waals surface area (Å²) in [5, 5.41) is 16.4. The molecule has 3 aliphatic carbocycles. The SMILES string of the molecule is CCCCc1ccc(-c2ccc(C(=O)CCCC(=O)C[C@@H](CCCCN)C(=O)N[C@H](C(=O)C[C@@H](C)C(=O)N[C@H](C(=O)C[C@@H](C)B3OC4C[C@@H]5C[C@@H](C5(C)C)[C@]4(C)O3)C(C)(C)C)C(C)O)cc2)cc1. The lowest BCUT2D eigenvalue weighted by Crippen LogP contribution is -2.65. The highest BCUT2D eigenvalue weighted by Crippen LogP contribution is 2.66. The van der Waals surface area contributed by atoms with E-state index in [0.29, 0.717) is 49.6 Å². The summed E-state index contributed by atoms with van der Waals surface area (Å²) in [4.78, 5) is 81.6. The number of benzene rings is 2. The smallest absolute Gasteiger partial charge is 0.405 e. The number of ketones is 4. The van der Waals surface area contributed by atoms with E-state index in [-0.39, 0.29) is 66.8 Å². The van der Waals surface area contributed by atoms with Gasteiger partial charge in [0, 0.05) is 49.5 Å². The lowest BCUT2D eigenvalue weighted by molar-refractivity contribution is -0.199. The standard InChI is InChI=1S/C55H82BN3O9/c1-11-12-16-37-20-22-38(23-21-37)39-24-26-40(27-25-39)44(62)19-15-18-43(61)31-41(17-13-14-28-57)52(66)58-49(36(4)60)45(63)29-34(2)51(65)59-50(53(5,6)7)46(64)30-35(3)56-67-48-33-42-32-47(54(42,8)9)55(48,10)68-56/h20-27,34-36,41-42,47-50,60H,11-19,28-33,57H2,1-10H3,(H,58,66)(H,59,65)/t34-,35-,36?,41-,42+,47+,48?,49+,50-,55+/m1/s1. The number of nitrogens with one attached hydrogen (secondary N) is 2. The van der Waals surface area contributed by atoms with Gasteiger partial charge in [-0.05, 0) is 111 Å². The third kappa shape index (κ3) is 13.6. The molecule has 2 unspecified atom stereocenters. The van der Waals surface area contributed by atoms with Crippen LogP contribution in [-0.4, -0.2) is 83.6 Å². The quantitative estimate of drug-likeness (QED) is 0.0383. The second-order valence-corrected chi connectivity index (χ2v) is 22.5. The van der Waals surface area contributed by atoms with Crippen molar-refractivity contribution >= 4 is 42.1 Å². The van der Waals surface area contributed by atoms with Gasteiger partial charge < -0.3 is 30.8 Å². The van der Waals surface area contributed by atoms with E-state index in [0.717, 1.165) is 43.2 Å². The molecule has 2 aromatic carbocycles. The van der Waals surface area contributed by atoms with Crippen LogP contribution in [0.1, 0.15) is 169 Å². The zero-order chi connectivity index (χ0) is 50.1. The molecule has 374 valence electrons. The van der Waals surface area contributed by atoms with Crippen LogP contribution < -0.4 is 16.4 Å². The Morgan fingerprint density at radius 2 is 1.46 bits per heavy atom. The first kappa shape index (κ1) is 54.9. The minimum absolute atomic E-state index is 0.00789. The Morgan fingerprint density at radius 3 is 2.04 bits per heavy atom. The van der Waals surface area contributed by atoms with Crippen LogP contribution in [0.5, 0.6) is 0 Å². The maximum atomic E-state index is 14.0. The Bertz CT molecular complexity index is 2060. The van der Waals surface area contributed by atoms with Crippen LogP contribution in [0.2, 0.25) is 5.82 Å². The number of hydrogen-bond acceptors (Lipinski definition) is 10. The zero-order valence-corrected chi connectivity index (χ0v) is 42.8. The van der Waals surface area contributed by atoms with Crippen LogP contribution in [0.3, 0.4) is 0 Å². The molecule has 4 aliphatic rings. The summed E-state index contributed by atoms with van der Waals surface area (Å²) in [6.45, 7) is 19.9. The van der Waals surface area contributed by atoms with E-state index >= 15 is 0 Å². The molecule has 2 bridgehead atoms. The molecular weight excluding hydrogens is 857 g/mol. The zero-order valence-electron chi connectivity index (χ0n) is 42.8. The van der Waals surface area contributed by atoms with Crippen LogP contribution in [0.25, 0.3) is 11.1 Å². The van der Waals surface area contributed by atoms with Gasteiger partial charge in [-0.3, -0.25) is 28.8 Å². The van der Waals surface area contributed by atoms with Crippen molar-refractivity contribution in [1.82, 2.24) is 10.6 Å². The molecule has 10 atom stereocenters. The fraction of sp³-hybridized carbons (Fsp3) is 0.673. The monoisotopic (exact) mass is 940 g/mol. The van der Waals surface area contributed by atoms with Crippen molar-refractivity contribution in [1.29, 1.82) is 0 Å². The first-order valence-electron chi connectivity index (χ1n) is 25.6. The number of rotatable bonds is 27. The maximum Gasteiger partial charge on any atom is 0.461 e. The third-order valence-corrected chi connectivity index (χ3v) is 15.5. The van der Waals surface area contributed by atoms with Crippen LogP contribution in [-0.2, 0) is 39.7 Å². The number of aliphatic hydroxyl groups is 1. The second-order valence-electron chi connectivity index (χ2n) is 22.5. The van der Waals surface area contributed by atoms with Gasteiger partial charge in [-0.15, -0.1) is 0 Å². The first-order chi connectivity index (χ1) is 32.0. The summed E-state index contributed by atoms with van der Waals surface area (Å²) in [5.41, 5.74) is 8.88. The van der Waals surface area contributed by atoms with Crippen molar-refractivity contribution in [3.63, 3.8) is 0 Å². The van der Waals surface area contributed by atoms with Crippen molar-refractivity contribution in [2.24, 2.45) is 40.2 Å². The molecule has 2 aromatic rings. The molecule has 4 fully saturated rings. The molecule has 1 aliphatic heterocycles. The number of carbonyl (C=O) groups excluding carboxylic acids is 6. The second kappa shape index (κ2) is 23.7. The predicted octanol–water partition coefficient (Wildman–Crippen LogP) is 8.82. The highest BCUT2D eigenvalue weighted by Gasteiger charge is 2.68. The van der Waals surface area contributed by atoms with Gasteiger partial charge in [-0.1, -0.05) is 117 Å². The van der Waals surface area contributed by atoms with Gasteiger partial charge in [0.2, 0.25) is 11.8 Å². The van der Waals surface area contributed by atoms with Crippen LogP contribution >= 0.6 is 0 Å². The van der Waals surface area contributed by atoms with Crippen molar-refractivity contribution in [2.75, 3.05) is 6.54 Å². The van der Waals surface area contributed by atoms with E-state index in [1.54, 1.807) is 6.92 Å². The molecular formula is C55H82BN3O9. The summed E-state index contributed by atoms with van der Waals surface area (Å²) in [6, 6.07) is 13.8. The number of amides is 2. The highest BCUT2D eigenvalue weighted by atomic mass is 16.7. The van der Waals surface area contributed by atoms with Gasteiger partial charge in [0.25, 0.3) is 0 Å². The van der Waals surface area contributed by atoms with Gasteiger partial charge in [0.1, 0.15) is 11.8 Å². The lowest BCUT2D eigenvalue weighted by Gasteiger charge is -2.64. The normalized spacial score (nSPS) is 23.2. The Kier molecular flexibility index (Phi) is 19.1. The van der Waals surface area contributed by atoms with E-state index in [4.69, 9.17) is 15.0 Å². The number of nitrogens with two attached hydrogens (primary N) is 1. The molecule has 12 nitrogen and oxygen atoms in total. The molecule has 0 radical (unpaired) electrons. The van der Waals surface area contributed by atoms with Crippen molar-refractivity contribution < 1.29 is 43.2 Å². The van der Waals surface area contributed by atoms with Gasteiger partial charge in [-0.25, -0.2) is 0 Å². The maximum absolute atomic E-state index is 14.0. The fourth-order valence-corrected chi connectivity index (χ4v) is 10.9. The molecule has 68 heavy (non-hydrogen) atoms. The molecule has 5 N–H and O–H groups in total. The summed E-state index contributed by atoms with van der Waals surface area (Å²) in [6.07, 6.45) is 6.07. The Labute approximate surface area is 406 Å². The molecule has 2 amide bonds. The predicted molar refractivity (Wildman–Crippen MR) is 268 cm³/mol. The molecule has 13 heteroatoms. The average molecular weight is 940 g/mol. The molecule has 0 aromatic heterocycles. The largest absolute Gasteiger partial charge is 0.461 e. The van der Waals surface area contributed by atoms with Gasteiger partial charge in [0.15, 0.2) is 17.3 Å². The molecule has 1 saturated heterocycles. The third-order valence-electron chi connectivity index (χ3n) is 15.5. The van der Waals surface area contributed by atoms with E-state index in [1.165, 1.54) is 12.5 Å². The molecule has 1 heterocycles. The number of hydrogen-bond donors (Lipinski definition) is 4. The van der Waals surface area contributed by atoms with Crippen molar-refractivity contribution in [3.8, 4) is 11.1 Å². The van der Waals surface area contributed by atoms with Crippen molar-refractivity contribution in [3.05, 3.63) is 59.7 Å². The number of carbonyl (C=O) groups is 6. The number of Topliss-reactive ketones (excluding diaryl/α,β-unsaturated/α-hetero) is 4. The Hall–Kier alpha value is -4.04. The van der Waals surface area contributed by atoms with E-state index in [9.17, 15) is 33.9 Å². The first-order valence-corrected chi connectivity index (χ1v) is 25.6. The van der Waals surface area contributed by atoms with Crippen LogP contribution in [0, 0.1) is 34.5 Å². The number of unbranched alkanes of at least 4 members (excludes halogenated alkanes) is 2. The summed E-state index contributed by atoms with van der Waals surface area (Å²) < 4.78 is 13.1. The van der Waals surface area contributed by atoms with Gasteiger partial charge in [-0.2, -0.15) is 0 Å². The molecule has 3 saturated carbocycles. The summed E-state index contributed by atoms with van der Waals surface area (Å²) >= 11 is 0. The summed E-state index contributed by atoms with van der Waals surface area (Å²) in [5.74, 6) is -2.91. The lowest BCUT2D eigenvalue weighted by atomic mass is 9.43. The highest BCUT2D eigenvalue weighted by molar-refractivity contribution is 6.47. The minimum atomic E-state index is -1.33. The van der Waals surface area contributed by atoms with Crippen LogP contribution in [0.4, 0.5) is 0 Å². The fourth-order valence-electron chi connectivity index (χ4n) is 10.9. The Morgan fingerprint density at radius 1 is 0.809 bits per heavy atom. The average Bonchev–Trinajstić information content (AvgIpc) is 3.66. The van der Waals surface area contributed by atoms with E-state index in [2.05, 4.69) is 62.6 Å². The van der Waals surface area contributed by atoms with E-state index in [1.807, 2.05) is 52.0 Å². The Balaban J connectivity index is 1.11. The minimum Gasteiger partial charge on any atom is -0.405 e.